The van der Waals surface area contributed by atoms with Crippen molar-refractivity contribution in [2.24, 2.45) is 10.9 Å². The van der Waals surface area contributed by atoms with Crippen molar-refractivity contribution in [2.45, 2.75) is 19.0 Å². The van der Waals surface area contributed by atoms with Crippen molar-refractivity contribution in [3.63, 3.8) is 0 Å². The number of hydrogen-bond donors (Lipinski definition) is 2. The molecule has 0 aliphatic carbocycles. The number of amidine groups is 1. The maximum Gasteiger partial charge on any atom is 0.389 e. The molecule has 0 aromatic heterocycles. The molecular formula is C11H12ClF3N2O2. The van der Waals surface area contributed by atoms with Gasteiger partial charge in [-0.1, -0.05) is 16.8 Å². The molecule has 1 aromatic carbocycles. The van der Waals surface area contributed by atoms with E-state index in [9.17, 15) is 13.2 Å². The van der Waals surface area contributed by atoms with Gasteiger partial charge in [-0.15, -0.1) is 0 Å². The SMILES string of the molecule is N/C(=N/O)c1cc(Cl)ccc1OCCCC(F)(F)F. The van der Waals surface area contributed by atoms with E-state index in [1.165, 1.54) is 18.2 Å². The highest BCUT2D eigenvalue weighted by molar-refractivity contribution is 6.31. The van der Waals surface area contributed by atoms with Crippen molar-refractivity contribution in [2.75, 3.05) is 6.61 Å². The molecule has 0 fully saturated rings. The van der Waals surface area contributed by atoms with Crippen molar-refractivity contribution in [3.8, 4) is 5.75 Å². The van der Waals surface area contributed by atoms with E-state index in [1.54, 1.807) is 0 Å². The van der Waals surface area contributed by atoms with Crippen molar-refractivity contribution in [3.05, 3.63) is 28.8 Å². The van der Waals surface area contributed by atoms with Crippen LogP contribution in [0.3, 0.4) is 0 Å². The normalized spacial score (nSPS) is 12.5. The molecule has 0 radical (unpaired) electrons. The molecule has 19 heavy (non-hydrogen) atoms. The number of rotatable bonds is 5. The summed E-state index contributed by atoms with van der Waals surface area (Å²) in [6.07, 6.45) is -5.32. The summed E-state index contributed by atoms with van der Waals surface area (Å²) in [5.74, 6) is -0.0183. The van der Waals surface area contributed by atoms with Gasteiger partial charge < -0.3 is 15.7 Å². The van der Waals surface area contributed by atoms with Crippen LogP contribution in [-0.2, 0) is 0 Å². The van der Waals surface area contributed by atoms with E-state index < -0.39 is 12.6 Å². The first-order valence-electron chi connectivity index (χ1n) is 5.30. The minimum absolute atomic E-state index is 0.132. The average molecular weight is 297 g/mol. The number of alkyl halides is 3. The molecule has 3 N–H and O–H groups in total. The molecule has 0 saturated heterocycles. The fraction of sp³-hybridized carbons (Fsp3) is 0.364. The molecule has 0 atom stereocenters. The Balaban J connectivity index is 2.68. The second-order valence-electron chi connectivity index (χ2n) is 3.69. The highest BCUT2D eigenvalue weighted by Crippen LogP contribution is 2.24. The van der Waals surface area contributed by atoms with Gasteiger partial charge in [0.1, 0.15) is 5.75 Å². The monoisotopic (exact) mass is 296 g/mol. The first-order chi connectivity index (χ1) is 8.83. The molecule has 0 unspecified atom stereocenters. The highest BCUT2D eigenvalue weighted by Gasteiger charge is 2.26. The van der Waals surface area contributed by atoms with Gasteiger partial charge in [-0.05, 0) is 24.6 Å². The number of nitrogens with zero attached hydrogens (tertiary/aromatic N) is 1. The molecule has 1 aromatic rings. The average Bonchev–Trinajstić information content (AvgIpc) is 2.33. The zero-order chi connectivity index (χ0) is 14.5. The third kappa shape index (κ3) is 5.25. The maximum absolute atomic E-state index is 12.0. The fourth-order valence-electron chi connectivity index (χ4n) is 1.34. The number of halogens is 4. The van der Waals surface area contributed by atoms with E-state index in [0.29, 0.717) is 5.02 Å². The lowest BCUT2D eigenvalue weighted by Crippen LogP contribution is -2.16. The van der Waals surface area contributed by atoms with Gasteiger partial charge in [0.2, 0.25) is 0 Å². The Morgan fingerprint density at radius 3 is 2.68 bits per heavy atom. The standard InChI is InChI=1S/C11H12ClF3N2O2/c12-7-2-3-9(8(6-7)10(16)17-18)19-5-1-4-11(13,14)15/h2-3,6,18H,1,4-5H2,(H2,16,17). The Labute approximate surface area is 112 Å². The summed E-state index contributed by atoms with van der Waals surface area (Å²) in [6.45, 7) is -0.132. The predicted octanol–water partition coefficient (Wildman–Crippen LogP) is 3.16. The summed E-state index contributed by atoms with van der Waals surface area (Å²) in [5.41, 5.74) is 5.64. The van der Waals surface area contributed by atoms with Crippen LogP contribution in [0, 0.1) is 0 Å². The summed E-state index contributed by atoms with van der Waals surface area (Å²) < 4.78 is 41.0. The zero-order valence-corrected chi connectivity index (χ0v) is 10.5. The van der Waals surface area contributed by atoms with Gasteiger partial charge >= 0.3 is 6.18 Å². The Hall–Kier alpha value is -1.63. The van der Waals surface area contributed by atoms with Crippen molar-refractivity contribution < 1.29 is 23.1 Å². The van der Waals surface area contributed by atoms with Gasteiger partial charge in [-0.2, -0.15) is 13.2 Å². The largest absolute Gasteiger partial charge is 0.493 e. The lowest BCUT2D eigenvalue weighted by molar-refractivity contribution is -0.136. The molecule has 106 valence electrons. The van der Waals surface area contributed by atoms with Crippen LogP contribution < -0.4 is 10.5 Å². The number of benzene rings is 1. The minimum Gasteiger partial charge on any atom is -0.493 e. The molecule has 0 saturated carbocycles. The molecule has 8 heteroatoms. The molecule has 0 bridgehead atoms. The van der Waals surface area contributed by atoms with Crippen molar-refractivity contribution >= 4 is 17.4 Å². The molecule has 0 spiro atoms. The van der Waals surface area contributed by atoms with Gasteiger partial charge in [0.15, 0.2) is 5.84 Å². The fourth-order valence-corrected chi connectivity index (χ4v) is 1.51. The van der Waals surface area contributed by atoms with E-state index in [4.69, 9.17) is 27.3 Å². The van der Waals surface area contributed by atoms with Gasteiger partial charge in [-0.3, -0.25) is 0 Å². The highest BCUT2D eigenvalue weighted by atomic mass is 35.5. The quantitative estimate of drug-likeness (QED) is 0.288. The van der Waals surface area contributed by atoms with Crippen LogP contribution in [0.25, 0.3) is 0 Å². The summed E-state index contributed by atoms with van der Waals surface area (Å²) in [6, 6.07) is 4.34. The number of nitrogens with two attached hydrogens (primary N) is 1. The molecule has 4 nitrogen and oxygen atoms in total. The van der Waals surface area contributed by atoms with Crippen LogP contribution in [0.5, 0.6) is 5.75 Å². The van der Waals surface area contributed by atoms with E-state index in [-0.39, 0.29) is 30.2 Å². The zero-order valence-electron chi connectivity index (χ0n) is 9.75. The van der Waals surface area contributed by atoms with E-state index in [2.05, 4.69) is 5.16 Å². The van der Waals surface area contributed by atoms with Crippen LogP contribution in [0.2, 0.25) is 5.02 Å². The van der Waals surface area contributed by atoms with Crippen LogP contribution >= 0.6 is 11.6 Å². The van der Waals surface area contributed by atoms with E-state index in [1.807, 2.05) is 0 Å². The molecular weight excluding hydrogens is 285 g/mol. The predicted molar refractivity (Wildman–Crippen MR) is 64.7 cm³/mol. The van der Waals surface area contributed by atoms with Gasteiger partial charge in [0.25, 0.3) is 0 Å². The van der Waals surface area contributed by atoms with Crippen molar-refractivity contribution in [1.82, 2.24) is 0 Å². The van der Waals surface area contributed by atoms with E-state index in [0.717, 1.165) is 0 Å². The summed E-state index contributed by atoms with van der Waals surface area (Å²) >= 11 is 5.74. The summed E-state index contributed by atoms with van der Waals surface area (Å²) in [7, 11) is 0. The lowest BCUT2D eigenvalue weighted by atomic mass is 10.2. The summed E-state index contributed by atoms with van der Waals surface area (Å²) in [5, 5.41) is 11.7. The first kappa shape index (κ1) is 15.4. The Kier molecular flexibility index (Phi) is 5.29. The smallest absolute Gasteiger partial charge is 0.389 e. The number of ether oxygens (including phenoxy) is 1. The molecule has 1 rings (SSSR count). The second-order valence-corrected chi connectivity index (χ2v) is 4.13. The third-order valence-corrected chi connectivity index (χ3v) is 2.42. The second kappa shape index (κ2) is 6.51. The van der Waals surface area contributed by atoms with Crippen LogP contribution in [0.1, 0.15) is 18.4 Å². The number of hydrogen-bond acceptors (Lipinski definition) is 3. The van der Waals surface area contributed by atoms with E-state index >= 15 is 0 Å². The minimum atomic E-state index is -4.21. The Morgan fingerprint density at radius 1 is 1.42 bits per heavy atom. The van der Waals surface area contributed by atoms with Crippen LogP contribution in [0.4, 0.5) is 13.2 Å². The van der Waals surface area contributed by atoms with Crippen LogP contribution in [0.15, 0.2) is 23.4 Å². The molecule has 0 amide bonds. The third-order valence-electron chi connectivity index (χ3n) is 2.19. The molecule has 0 heterocycles. The first-order valence-corrected chi connectivity index (χ1v) is 5.68. The Morgan fingerprint density at radius 2 is 2.11 bits per heavy atom. The summed E-state index contributed by atoms with van der Waals surface area (Å²) in [4.78, 5) is 0. The van der Waals surface area contributed by atoms with Gasteiger partial charge in [-0.25, -0.2) is 0 Å². The maximum atomic E-state index is 12.0. The van der Waals surface area contributed by atoms with Crippen LogP contribution in [-0.4, -0.2) is 23.8 Å². The lowest BCUT2D eigenvalue weighted by Gasteiger charge is -2.11. The Bertz CT molecular complexity index is 464. The molecule has 0 aliphatic rings. The number of oxime groups is 1. The van der Waals surface area contributed by atoms with Gasteiger partial charge in [0.05, 0.1) is 12.2 Å². The van der Waals surface area contributed by atoms with Gasteiger partial charge in [0, 0.05) is 11.4 Å². The van der Waals surface area contributed by atoms with Crippen molar-refractivity contribution in [1.29, 1.82) is 0 Å². The molecule has 0 aliphatic heterocycles. The topological polar surface area (TPSA) is 67.8 Å².